The molecular formula is C13H17NO. The van der Waals surface area contributed by atoms with Crippen molar-refractivity contribution in [2.45, 2.75) is 26.5 Å². The monoisotopic (exact) mass is 203 g/mol. The molecule has 80 valence electrons. The van der Waals surface area contributed by atoms with Crippen molar-refractivity contribution in [1.29, 1.82) is 0 Å². The Morgan fingerprint density at radius 2 is 2.07 bits per heavy atom. The van der Waals surface area contributed by atoms with Gasteiger partial charge in [-0.3, -0.25) is 0 Å². The molecule has 0 N–H and O–H groups in total. The van der Waals surface area contributed by atoms with E-state index in [0.717, 1.165) is 0 Å². The fourth-order valence-corrected chi connectivity index (χ4v) is 1.90. The van der Waals surface area contributed by atoms with Crippen molar-refractivity contribution in [1.82, 2.24) is 4.57 Å². The topological polar surface area (TPSA) is 14.2 Å². The lowest BCUT2D eigenvalue weighted by Gasteiger charge is -2.10. The van der Waals surface area contributed by atoms with Gasteiger partial charge in [0.1, 0.15) is 0 Å². The molecule has 0 fully saturated rings. The van der Waals surface area contributed by atoms with Gasteiger partial charge in [-0.1, -0.05) is 12.1 Å². The maximum atomic E-state index is 5.14. The van der Waals surface area contributed by atoms with E-state index in [4.69, 9.17) is 4.74 Å². The quantitative estimate of drug-likeness (QED) is 0.746. The van der Waals surface area contributed by atoms with Crippen LogP contribution in [0.25, 0.3) is 10.9 Å². The number of ether oxygens (including phenoxy) is 1. The minimum atomic E-state index is 0.500. The molecule has 0 saturated heterocycles. The normalized spacial score (nSPS) is 11.5. The maximum absolute atomic E-state index is 5.14. The first-order chi connectivity index (χ1) is 7.22. The summed E-state index contributed by atoms with van der Waals surface area (Å²) in [6, 6.07) is 9.14. The largest absolute Gasteiger partial charge is 0.380 e. The van der Waals surface area contributed by atoms with E-state index >= 15 is 0 Å². The minimum Gasteiger partial charge on any atom is -0.380 e. The molecule has 0 amide bonds. The highest BCUT2D eigenvalue weighted by Crippen LogP contribution is 2.21. The average molecular weight is 203 g/mol. The first-order valence-corrected chi connectivity index (χ1v) is 5.31. The minimum absolute atomic E-state index is 0.500. The Balaban J connectivity index is 2.51. The molecule has 1 aromatic carbocycles. The van der Waals surface area contributed by atoms with E-state index in [1.807, 2.05) is 0 Å². The standard InChI is InChI=1S/C13H17NO/c1-10(2)14-7-6-12-5-4-11(9-15-3)8-13(12)14/h4-8,10H,9H2,1-3H3. The van der Waals surface area contributed by atoms with E-state index < -0.39 is 0 Å². The molecule has 1 aromatic heterocycles. The van der Waals surface area contributed by atoms with E-state index in [9.17, 15) is 0 Å². The zero-order valence-corrected chi connectivity index (χ0v) is 9.53. The van der Waals surface area contributed by atoms with Crippen molar-refractivity contribution in [3.63, 3.8) is 0 Å². The number of benzene rings is 1. The van der Waals surface area contributed by atoms with Gasteiger partial charge in [-0.25, -0.2) is 0 Å². The third-order valence-electron chi connectivity index (χ3n) is 2.66. The van der Waals surface area contributed by atoms with Crippen molar-refractivity contribution < 1.29 is 4.74 Å². The Morgan fingerprint density at radius 1 is 1.27 bits per heavy atom. The number of rotatable bonds is 3. The summed E-state index contributed by atoms with van der Waals surface area (Å²) in [7, 11) is 1.73. The van der Waals surface area contributed by atoms with Gasteiger partial charge in [-0.15, -0.1) is 0 Å². The van der Waals surface area contributed by atoms with Gasteiger partial charge in [-0.2, -0.15) is 0 Å². The fraction of sp³-hybridized carbons (Fsp3) is 0.385. The summed E-state index contributed by atoms with van der Waals surface area (Å²) in [5.74, 6) is 0. The van der Waals surface area contributed by atoms with Crippen LogP contribution in [0.4, 0.5) is 0 Å². The third kappa shape index (κ3) is 1.90. The molecule has 0 atom stereocenters. The highest BCUT2D eigenvalue weighted by Gasteiger charge is 2.04. The Morgan fingerprint density at radius 3 is 2.73 bits per heavy atom. The molecule has 15 heavy (non-hydrogen) atoms. The zero-order valence-electron chi connectivity index (χ0n) is 9.53. The molecule has 0 aliphatic rings. The number of methoxy groups -OCH3 is 1. The predicted octanol–water partition coefficient (Wildman–Crippen LogP) is 3.37. The zero-order chi connectivity index (χ0) is 10.8. The van der Waals surface area contributed by atoms with Crippen LogP contribution < -0.4 is 0 Å². The molecule has 0 bridgehead atoms. The van der Waals surface area contributed by atoms with Gasteiger partial charge in [0.05, 0.1) is 6.61 Å². The molecule has 2 aromatic rings. The summed E-state index contributed by atoms with van der Waals surface area (Å²) in [4.78, 5) is 0. The van der Waals surface area contributed by atoms with Crippen LogP contribution in [0.5, 0.6) is 0 Å². The summed E-state index contributed by atoms with van der Waals surface area (Å²) in [5.41, 5.74) is 2.52. The molecule has 0 radical (unpaired) electrons. The van der Waals surface area contributed by atoms with E-state index in [-0.39, 0.29) is 0 Å². The number of aromatic nitrogens is 1. The highest BCUT2D eigenvalue weighted by atomic mass is 16.5. The van der Waals surface area contributed by atoms with E-state index in [2.05, 4.69) is 48.9 Å². The molecule has 2 rings (SSSR count). The summed E-state index contributed by atoms with van der Waals surface area (Å²) in [6.07, 6.45) is 2.14. The average Bonchev–Trinajstić information content (AvgIpc) is 2.61. The highest BCUT2D eigenvalue weighted by molar-refractivity contribution is 5.80. The van der Waals surface area contributed by atoms with Crippen LogP contribution in [0.15, 0.2) is 30.5 Å². The van der Waals surface area contributed by atoms with Crippen molar-refractivity contribution in [3.05, 3.63) is 36.0 Å². The molecule has 0 spiro atoms. The Bertz CT molecular complexity index is 457. The second kappa shape index (κ2) is 4.07. The van der Waals surface area contributed by atoms with Crippen LogP contribution in [0.1, 0.15) is 25.5 Å². The fourth-order valence-electron chi connectivity index (χ4n) is 1.90. The Kier molecular flexibility index (Phi) is 2.78. The Labute approximate surface area is 90.5 Å². The first kappa shape index (κ1) is 10.2. The van der Waals surface area contributed by atoms with Crippen LogP contribution in [-0.4, -0.2) is 11.7 Å². The summed E-state index contributed by atoms with van der Waals surface area (Å²) >= 11 is 0. The maximum Gasteiger partial charge on any atom is 0.0713 e. The smallest absolute Gasteiger partial charge is 0.0713 e. The summed E-state index contributed by atoms with van der Waals surface area (Å²) < 4.78 is 7.43. The number of hydrogen-bond donors (Lipinski definition) is 0. The number of hydrogen-bond acceptors (Lipinski definition) is 1. The van der Waals surface area contributed by atoms with Gasteiger partial charge in [0.15, 0.2) is 0 Å². The molecule has 2 nitrogen and oxygen atoms in total. The van der Waals surface area contributed by atoms with Gasteiger partial charge in [0, 0.05) is 24.9 Å². The lowest BCUT2D eigenvalue weighted by molar-refractivity contribution is 0.185. The molecule has 0 aliphatic carbocycles. The van der Waals surface area contributed by atoms with Gasteiger partial charge >= 0.3 is 0 Å². The molecule has 2 heteroatoms. The molecule has 0 saturated carbocycles. The lowest BCUT2D eigenvalue weighted by atomic mass is 10.2. The second-order valence-electron chi connectivity index (χ2n) is 4.14. The van der Waals surface area contributed by atoms with Crippen molar-refractivity contribution >= 4 is 10.9 Å². The van der Waals surface area contributed by atoms with Crippen LogP contribution in [0, 0.1) is 0 Å². The third-order valence-corrected chi connectivity index (χ3v) is 2.66. The van der Waals surface area contributed by atoms with Crippen LogP contribution in [0.2, 0.25) is 0 Å². The van der Waals surface area contributed by atoms with Crippen molar-refractivity contribution in [3.8, 4) is 0 Å². The molecule has 0 unspecified atom stereocenters. The SMILES string of the molecule is COCc1ccc2ccn(C(C)C)c2c1. The van der Waals surface area contributed by atoms with Crippen molar-refractivity contribution in [2.75, 3.05) is 7.11 Å². The lowest BCUT2D eigenvalue weighted by Crippen LogP contribution is -1.98. The van der Waals surface area contributed by atoms with E-state index in [0.29, 0.717) is 12.6 Å². The van der Waals surface area contributed by atoms with Crippen LogP contribution in [0.3, 0.4) is 0 Å². The first-order valence-electron chi connectivity index (χ1n) is 5.31. The van der Waals surface area contributed by atoms with Crippen LogP contribution in [-0.2, 0) is 11.3 Å². The van der Waals surface area contributed by atoms with Gasteiger partial charge in [0.2, 0.25) is 0 Å². The van der Waals surface area contributed by atoms with Crippen molar-refractivity contribution in [2.24, 2.45) is 0 Å². The van der Waals surface area contributed by atoms with E-state index in [1.165, 1.54) is 16.5 Å². The number of fused-ring (bicyclic) bond motifs is 1. The summed E-state index contributed by atoms with van der Waals surface area (Å²) in [6.45, 7) is 5.07. The van der Waals surface area contributed by atoms with Gasteiger partial charge < -0.3 is 9.30 Å². The molecular weight excluding hydrogens is 186 g/mol. The molecule has 0 aliphatic heterocycles. The van der Waals surface area contributed by atoms with Gasteiger partial charge in [0.25, 0.3) is 0 Å². The van der Waals surface area contributed by atoms with Crippen LogP contribution >= 0.6 is 0 Å². The predicted molar refractivity (Wildman–Crippen MR) is 63.0 cm³/mol. The number of nitrogens with zero attached hydrogens (tertiary/aromatic N) is 1. The molecule has 1 heterocycles. The second-order valence-corrected chi connectivity index (χ2v) is 4.14. The summed E-state index contributed by atoms with van der Waals surface area (Å²) in [5, 5.41) is 1.29. The van der Waals surface area contributed by atoms with E-state index in [1.54, 1.807) is 7.11 Å². The Hall–Kier alpha value is -1.28. The van der Waals surface area contributed by atoms with Gasteiger partial charge in [-0.05, 0) is 36.9 Å².